The van der Waals surface area contributed by atoms with E-state index in [2.05, 4.69) is 39.6 Å². The molecule has 0 unspecified atom stereocenters. The van der Waals surface area contributed by atoms with Crippen LogP contribution in [0.3, 0.4) is 0 Å². The molecule has 2 heterocycles. The fourth-order valence-corrected chi connectivity index (χ4v) is 4.46. The Balaban J connectivity index is 1.37. The molecule has 3 aromatic carbocycles. The van der Waals surface area contributed by atoms with Gasteiger partial charge in [0.1, 0.15) is 11.4 Å². The van der Waals surface area contributed by atoms with E-state index in [0.29, 0.717) is 37.5 Å². The Morgan fingerprint density at radius 2 is 1.63 bits per heavy atom. The van der Waals surface area contributed by atoms with E-state index in [1.54, 1.807) is 42.4 Å². The normalized spacial score (nSPS) is 14.2. The van der Waals surface area contributed by atoms with Gasteiger partial charge in [-0.2, -0.15) is 0 Å². The molecule has 1 aliphatic rings. The van der Waals surface area contributed by atoms with Crippen LogP contribution in [0, 0.1) is 0 Å². The van der Waals surface area contributed by atoms with Crippen molar-refractivity contribution in [3.05, 3.63) is 114 Å². The molecule has 0 atom stereocenters. The summed E-state index contributed by atoms with van der Waals surface area (Å²) in [7, 11) is 1.62. The van der Waals surface area contributed by atoms with E-state index < -0.39 is 0 Å². The van der Waals surface area contributed by atoms with E-state index >= 15 is 0 Å². The zero-order chi connectivity index (χ0) is 26.3. The van der Waals surface area contributed by atoms with Crippen molar-refractivity contribution >= 4 is 34.9 Å². The van der Waals surface area contributed by atoms with Crippen LogP contribution < -0.4 is 10.1 Å². The summed E-state index contributed by atoms with van der Waals surface area (Å²) >= 11 is 0. The first-order chi connectivity index (χ1) is 18.6. The lowest BCUT2D eigenvalue weighted by molar-refractivity contribution is -0.128. The van der Waals surface area contributed by atoms with Crippen LogP contribution in [0.1, 0.15) is 21.5 Å². The summed E-state index contributed by atoms with van der Waals surface area (Å²) in [6.45, 7) is 2.52. The Bertz CT molecular complexity index is 1470. The second-order valence-corrected chi connectivity index (χ2v) is 9.09. The number of ether oxygens (including phenoxy) is 1. The highest BCUT2D eigenvalue weighted by Crippen LogP contribution is 2.25. The fraction of sp³-hybridized carbons (Fsp3) is 0.161. The van der Waals surface area contributed by atoms with Crippen LogP contribution in [0.25, 0.3) is 23.1 Å². The van der Waals surface area contributed by atoms with Crippen molar-refractivity contribution in [2.45, 2.75) is 0 Å². The van der Waals surface area contributed by atoms with E-state index in [0.717, 1.165) is 22.0 Å². The van der Waals surface area contributed by atoms with Gasteiger partial charge in [0.2, 0.25) is 0 Å². The van der Waals surface area contributed by atoms with Crippen molar-refractivity contribution in [3.63, 3.8) is 0 Å². The van der Waals surface area contributed by atoms with Crippen LogP contribution in [0.5, 0.6) is 5.75 Å². The van der Waals surface area contributed by atoms with Crippen LogP contribution in [0.2, 0.25) is 0 Å². The number of rotatable bonds is 7. The quantitative estimate of drug-likeness (QED) is 0.354. The van der Waals surface area contributed by atoms with Gasteiger partial charge in [-0.3, -0.25) is 9.59 Å². The minimum Gasteiger partial charge on any atom is -0.497 e. The van der Waals surface area contributed by atoms with Gasteiger partial charge in [-0.15, -0.1) is 0 Å². The molecule has 2 amide bonds. The zero-order valence-electron chi connectivity index (χ0n) is 21.3. The van der Waals surface area contributed by atoms with Crippen molar-refractivity contribution in [1.29, 1.82) is 0 Å². The molecule has 1 aromatic heterocycles. The molecule has 4 aromatic rings. The van der Waals surface area contributed by atoms with Gasteiger partial charge in [0.05, 0.1) is 7.11 Å². The molecular weight excluding hydrogens is 476 g/mol. The monoisotopic (exact) mass is 506 g/mol. The van der Waals surface area contributed by atoms with Crippen LogP contribution in [-0.4, -0.2) is 59.9 Å². The second-order valence-electron chi connectivity index (χ2n) is 9.09. The summed E-state index contributed by atoms with van der Waals surface area (Å²) in [5, 5.41) is 3.78. The summed E-state index contributed by atoms with van der Waals surface area (Å²) in [6, 6.07) is 24.8. The average Bonchev–Trinajstić information content (AvgIpc) is 3.38. The molecule has 5 rings (SSSR count). The van der Waals surface area contributed by atoms with E-state index in [-0.39, 0.29) is 17.5 Å². The van der Waals surface area contributed by atoms with E-state index in [4.69, 9.17) is 4.74 Å². The number of amides is 2. The second kappa shape index (κ2) is 11.5. The molecule has 1 saturated heterocycles. The van der Waals surface area contributed by atoms with E-state index in [1.165, 1.54) is 0 Å². The minimum absolute atomic E-state index is 0.210. The lowest BCUT2D eigenvalue weighted by Gasteiger charge is -2.34. The molecule has 1 fully saturated rings. The van der Waals surface area contributed by atoms with Crippen LogP contribution >= 0.6 is 0 Å². The third-order valence-corrected chi connectivity index (χ3v) is 6.61. The lowest BCUT2D eigenvalue weighted by Crippen LogP contribution is -2.48. The molecule has 38 heavy (non-hydrogen) atoms. The van der Waals surface area contributed by atoms with Crippen LogP contribution in [-0.2, 0) is 4.79 Å². The zero-order valence-corrected chi connectivity index (χ0v) is 21.3. The highest BCUT2D eigenvalue weighted by Gasteiger charge is 2.24. The number of hydrogen-bond donors (Lipinski definition) is 2. The maximum absolute atomic E-state index is 13.7. The number of fused-ring (bicyclic) bond motifs is 1. The molecule has 0 aliphatic carbocycles. The minimum atomic E-state index is -0.327. The molecule has 0 bridgehead atoms. The Morgan fingerprint density at radius 3 is 2.34 bits per heavy atom. The Hall–Kier alpha value is -4.78. The highest BCUT2D eigenvalue weighted by molar-refractivity contribution is 6.06. The van der Waals surface area contributed by atoms with Gasteiger partial charge in [-0.1, -0.05) is 48.5 Å². The molecular formula is C31H30N4O3. The van der Waals surface area contributed by atoms with E-state index in [1.807, 2.05) is 48.7 Å². The van der Waals surface area contributed by atoms with Gasteiger partial charge in [0.25, 0.3) is 11.8 Å². The number of carbonyl (C=O) groups is 2. The summed E-state index contributed by atoms with van der Waals surface area (Å²) in [6.07, 6.45) is 7.72. The maximum Gasteiger partial charge on any atom is 0.270 e. The van der Waals surface area contributed by atoms with Gasteiger partial charge in [0, 0.05) is 54.4 Å². The first-order valence-corrected chi connectivity index (χ1v) is 12.6. The van der Waals surface area contributed by atoms with Gasteiger partial charge < -0.3 is 24.8 Å². The summed E-state index contributed by atoms with van der Waals surface area (Å²) in [4.78, 5) is 34.0. The lowest BCUT2D eigenvalue weighted by atomic mass is 10.1. The molecule has 0 radical (unpaired) electrons. The summed E-state index contributed by atoms with van der Waals surface area (Å²) in [5.41, 5.74) is 3.56. The van der Waals surface area contributed by atoms with Gasteiger partial charge in [-0.05, 0) is 54.2 Å². The van der Waals surface area contributed by atoms with Crippen LogP contribution in [0.4, 0.5) is 0 Å². The van der Waals surface area contributed by atoms with Crippen LogP contribution in [0.15, 0.2) is 97.0 Å². The largest absolute Gasteiger partial charge is 0.497 e. The predicted molar refractivity (Wildman–Crippen MR) is 150 cm³/mol. The number of piperazine rings is 1. The number of aromatic amines is 1. The molecule has 192 valence electrons. The topological polar surface area (TPSA) is 77.7 Å². The number of aromatic nitrogens is 1. The molecule has 0 spiro atoms. The van der Waals surface area contributed by atoms with Crippen molar-refractivity contribution in [2.24, 2.45) is 0 Å². The SMILES string of the molecule is COc1ccc2[nH]cc(/C=C(/NC(=O)c3ccccc3)C(=O)N3CCN(/C=C/c4ccccc4)CC3)c2c1. The smallest absolute Gasteiger partial charge is 0.270 e. The first kappa shape index (κ1) is 24.9. The molecule has 0 saturated carbocycles. The van der Waals surface area contributed by atoms with Gasteiger partial charge >= 0.3 is 0 Å². The average molecular weight is 507 g/mol. The number of H-pyrrole nitrogens is 1. The maximum atomic E-state index is 13.7. The number of methoxy groups -OCH3 is 1. The number of carbonyl (C=O) groups excluding carboxylic acids is 2. The van der Waals surface area contributed by atoms with E-state index in [9.17, 15) is 9.59 Å². The number of nitrogens with zero attached hydrogens (tertiary/aromatic N) is 2. The highest BCUT2D eigenvalue weighted by atomic mass is 16.5. The fourth-order valence-electron chi connectivity index (χ4n) is 4.46. The third-order valence-electron chi connectivity index (χ3n) is 6.61. The van der Waals surface area contributed by atoms with Gasteiger partial charge in [0.15, 0.2) is 0 Å². The summed E-state index contributed by atoms with van der Waals surface area (Å²) in [5.74, 6) is 0.179. The first-order valence-electron chi connectivity index (χ1n) is 12.6. The van der Waals surface area contributed by atoms with Crippen molar-refractivity contribution in [2.75, 3.05) is 33.3 Å². The predicted octanol–water partition coefficient (Wildman–Crippen LogP) is 4.76. The van der Waals surface area contributed by atoms with Crippen molar-refractivity contribution in [1.82, 2.24) is 20.1 Å². The Kier molecular flexibility index (Phi) is 7.54. The molecule has 7 heteroatoms. The molecule has 2 N–H and O–H groups in total. The van der Waals surface area contributed by atoms with Gasteiger partial charge in [-0.25, -0.2) is 0 Å². The number of benzene rings is 3. The Labute approximate surface area is 222 Å². The van der Waals surface area contributed by atoms with Crippen molar-refractivity contribution < 1.29 is 14.3 Å². The third kappa shape index (κ3) is 5.78. The molecule has 1 aliphatic heterocycles. The van der Waals surface area contributed by atoms with Crippen molar-refractivity contribution in [3.8, 4) is 5.75 Å². The molecule has 7 nitrogen and oxygen atoms in total. The number of hydrogen-bond acceptors (Lipinski definition) is 4. The standard InChI is InChI=1S/C31H30N4O3/c1-38-26-12-13-28-27(21-26)25(22-32-28)20-29(33-30(36)24-10-6-3-7-11-24)31(37)35-18-16-34(17-19-35)15-14-23-8-4-2-5-9-23/h2-15,20-22,32H,16-19H2,1H3,(H,33,36)/b15-14+,29-20+. The summed E-state index contributed by atoms with van der Waals surface area (Å²) < 4.78 is 5.39. The number of nitrogens with one attached hydrogen (secondary N) is 2. The Morgan fingerprint density at radius 1 is 0.921 bits per heavy atom.